The van der Waals surface area contributed by atoms with Crippen molar-refractivity contribution in [1.29, 1.82) is 0 Å². The van der Waals surface area contributed by atoms with Gasteiger partial charge in [0.2, 0.25) is 0 Å². The fraction of sp³-hybridized carbons (Fsp3) is 1.00. The van der Waals surface area contributed by atoms with E-state index in [1.807, 2.05) is 0 Å². The van der Waals surface area contributed by atoms with Crippen molar-refractivity contribution in [2.24, 2.45) is 11.7 Å². The van der Waals surface area contributed by atoms with Crippen LogP contribution in [0.3, 0.4) is 0 Å². The van der Waals surface area contributed by atoms with Gasteiger partial charge in [0.15, 0.2) is 0 Å². The van der Waals surface area contributed by atoms with Crippen LogP contribution in [0.15, 0.2) is 0 Å². The predicted octanol–water partition coefficient (Wildman–Crippen LogP) is 4.35. The molecule has 0 aromatic heterocycles. The Morgan fingerprint density at radius 3 is 1.83 bits per heavy atom. The molecule has 3 aliphatic rings. The molecule has 0 bridgehead atoms. The van der Waals surface area contributed by atoms with Crippen LogP contribution in [-0.2, 0) is 4.74 Å². The van der Waals surface area contributed by atoms with E-state index in [9.17, 15) is 0 Å². The molecule has 1 heterocycles. The topological polar surface area (TPSA) is 38.5 Å². The lowest BCUT2D eigenvalue weighted by atomic mass is 9.85. The van der Waals surface area contributed by atoms with Gasteiger partial charge in [-0.25, -0.2) is 0 Å². The lowest BCUT2D eigenvalue weighted by Crippen LogP contribution is -2.46. The maximum Gasteiger partial charge on any atom is 0.0494 e. The number of hydrogen-bond acceptors (Lipinski definition) is 3. The van der Waals surface area contributed by atoms with Crippen LogP contribution < -0.4 is 5.73 Å². The van der Waals surface area contributed by atoms with Crippen molar-refractivity contribution < 1.29 is 4.74 Å². The van der Waals surface area contributed by atoms with Crippen LogP contribution in [0.1, 0.15) is 84.0 Å². The summed E-state index contributed by atoms with van der Waals surface area (Å²) in [6.07, 6.45) is 16.8. The first-order valence-corrected chi connectivity index (χ1v) is 10.4. The summed E-state index contributed by atoms with van der Waals surface area (Å²) in [5.41, 5.74) is 5.96. The lowest BCUT2D eigenvalue weighted by molar-refractivity contribution is 0.0620. The van der Waals surface area contributed by atoms with Gasteiger partial charge in [-0.05, 0) is 64.5 Å². The molecule has 2 N–H and O–H groups in total. The number of nitrogens with two attached hydrogens (primary N) is 1. The summed E-state index contributed by atoms with van der Waals surface area (Å²) in [5, 5.41) is 0. The van der Waals surface area contributed by atoms with E-state index >= 15 is 0 Å². The molecule has 0 spiro atoms. The number of ether oxygens (including phenoxy) is 1. The average Bonchev–Trinajstić information content (AvgIpc) is 2.63. The van der Waals surface area contributed by atoms with Crippen molar-refractivity contribution in [2.45, 2.75) is 96.1 Å². The Hall–Kier alpha value is -0.120. The van der Waals surface area contributed by atoms with E-state index < -0.39 is 0 Å². The van der Waals surface area contributed by atoms with E-state index in [0.717, 1.165) is 25.2 Å². The van der Waals surface area contributed by atoms with E-state index in [1.54, 1.807) is 0 Å². The summed E-state index contributed by atoms with van der Waals surface area (Å²) in [6, 6.07) is 1.29. The van der Waals surface area contributed by atoms with Gasteiger partial charge < -0.3 is 15.4 Å². The molecule has 1 aliphatic heterocycles. The Balaban J connectivity index is 0.000000268. The molecule has 0 unspecified atom stereocenters. The maximum absolute atomic E-state index is 5.96. The highest BCUT2D eigenvalue weighted by Crippen LogP contribution is 2.29. The SMILES string of the molecule is C1CCCCC1.CCOCC1CCC(N2CCC(N)CC2)CC1. The predicted molar refractivity (Wildman–Crippen MR) is 98.7 cm³/mol. The third-order valence-corrected chi connectivity index (χ3v) is 5.96. The van der Waals surface area contributed by atoms with Crippen LogP contribution in [0.5, 0.6) is 0 Å². The standard InChI is InChI=1S/C14H28N2O.C6H12/c1-2-17-11-12-3-5-14(6-4-12)16-9-7-13(15)8-10-16;1-2-4-6-5-3-1/h12-14H,2-11,15H2,1H3;1-6H2. The Kier molecular flexibility index (Phi) is 9.55. The quantitative estimate of drug-likeness (QED) is 0.835. The highest BCUT2D eigenvalue weighted by molar-refractivity contribution is 4.83. The molecule has 3 fully saturated rings. The van der Waals surface area contributed by atoms with E-state index in [-0.39, 0.29) is 0 Å². The van der Waals surface area contributed by atoms with Crippen LogP contribution in [0, 0.1) is 5.92 Å². The molecule has 3 nitrogen and oxygen atoms in total. The first kappa shape index (κ1) is 19.2. The van der Waals surface area contributed by atoms with E-state index in [2.05, 4.69) is 11.8 Å². The normalized spacial score (nSPS) is 30.5. The highest BCUT2D eigenvalue weighted by atomic mass is 16.5. The van der Waals surface area contributed by atoms with Gasteiger partial charge in [0.1, 0.15) is 0 Å². The molecule has 0 atom stereocenters. The summed E-state index contributed by atoms with van der Waals surface area (Å²) in [4.78, 5) is 2.68. The summed E-state index contributed by atoms with van der Waals surface area (Å²) >= 11 is 0. The molecule has 2 aliphatic carbocycles. The number of nitrogens with zero attached hydrogens (tertiary/aromatic N) is 1. The van der Waals surface area contributed by atoms with Gasteiger partial charge >= 0.3 is 0 Å². The molecular weight excluding hydrogens is 284 g/mol. The third-order valence-electron chi connectivity index (χ3n) is 5.96. The van der Waals surface area contributed by atoms with Gasteiger partial charge in [-0.15, -0.1) is 0 Å². The second kappa shape index (κ2) is 11.4. The van der Waals surface area contributed by atoms with Gasteiger partial charge in [-0.1, -0.05) is 38.5 Å². The number of piperidine rings is 1. The number of likely N-dealkylation sites (tertiary alicyclic amines) is 1. The Morgan fingerprint density at radius 1 is 0.826 bits per heavy atom. The van der Waals surface area contributed by atoms with E-state index in [0.29, 0.717) is 6.04 Å². The number of hydrogen-bond donors (Lipinski definition) is 1. The van der Waals surface area contributed by atoms with Crippen LogP contribution >= 0.6 is 0 Å². The molecule has 3 rings (SSSR count). The molecular formula is C20H40N2O. The molecule has 0 radical (unpaired) electrons. The second-order valence-electron chi connectivity index (χ2n) is 7.83. The zero-order valence-electron chi connectivity index (χ0n) is 15.5. The van der Waals surface area contributed by atoms with Crippen LogP contribution in [-0.4, -0.2) is 43.3 Å². The van der Waals surface area contributed by atoms with Crippen molar-refractivity contribution in [2.75, 3.05) is 26.3 Å². The molecule has 0 aromatic rings. The largest absolute Gasteiger partial charge is 0.381 e. The van der Waals surface area contributed by atoms with Gasteiger partial charge in [-0.3, -0.25) is 0 Å². The summed E-state index contributed by atoms with van der Waals surface area (Å²) < 4.78 is 5.54. The van der Waals surface area contributed by atoms with Gasteiger partial charge in [0, 0.05) is 25.3 Å². The lowest BCUT2D eigenvalue weighted by Gasteiger charge is -2.40. The van der Waals surface area contributed by atoms with Crippen LogP contribution in [0.2, 0.25) is 0 Å². The van der Waals surface area contributed by atoms with Crippen LogP contribution in [0.4, 0.5) is 0 Å². The first-order chi connectivity index (χ1) is 11.3. The highest BCUT2D eigenvalue weighted by Gasteiger charge is 2.27. The second-order valence-corrected chi connectivity index (χ2v) is 7.83. The monoisotopic (exact) mass is 324 g/mol. The van der Waals surface area contributed by atoms with Crippen molar-refractivity contribution in [1.82, 2.24) is 4.90 Å². The summed E-state index contributed by atoms with van der Waals surface area (Å²) in [6.45, 7) is 6.38. The van der Waals surface area contributed by atoms with Crippen molar-refractivity contribution in [3.8, 4) is 0 Å². The molecule has 3 heteroatoms. The van der Waals surface area contributed by atoms with Gasteiger partial charge in [-0.2, -0.15) is 0 Å². The fourth-order valence-corrected chi connectivity index (χ4v) is 4.31. The minimum Gasteiger partial charge on any atom is -0.381 e. The third kappa shape index (κ3) is 7.53. The molecule has 23 heavy (non-hydrogen) atoms. The Bertz CT molecular complexity index is 266. The Morgan fingerprint density at radius 2 is 1.35 bits per heavy atom. The van der Waals surface area contributed by atoms with Crippen LogP contribution in [0.25, 0.3) is 0 Å². The van der Waals surface area contributed by atoms with Gasteiger partial charge in [0.25, 0.3) is 0 Å². The average molecular weight is 325 g/mol. The minimum absolute atomic E-state index is 0.459. The minimum atomic E-state index is 0.459. The molecule has 2 saturated carbocycles. The van der Waals surface area contributed by atoms with Crippen molar-refractivity contribution >= 4 is 0 Å². The van der Waals surface area contributed by atoms with Crippen molar-refractivity contribution in [3.63, 3.8) is 0 Å². The van der Waals surface area contributed by atoms with E-state index in [4.69, 9.17) is 10.5 Å². The number of rotatable bonds is 4. The van der Waals surface area contributed by atoms with Crippen molar-refractivity contribution in [3.05, 3.63) is 0 Å². The zero-order valence-corrected chi connectivity index (χ0v) is 15.5. The van der Waals surface area contributed by atoms with E-state index in [1.165, 1.54) is 90.1 Å². The smallest absolute Gasteiger partial charge is 0.0494 e. The molecule has 136 valence electrons. The molecule has 0 amide bonds. The summed E-state index contributed by atoms with van der Waals surface area (Å²) in [5.74, 6) is 0.818. The molecule has 1 saturated heterocycles. The zero-order chi connectivity index (χ0) is 16.3. The Labute approximate surface area is 144 Å². The fourth-order valence-electron chi connectivity index (χ4n) is 4.31. The molecule has 0 aromatic carbocycles. The summed E-state index contributed by atoms with van der Waals surface area (Å²) in [7, 11) is 0. The maximum atomic E-state index is 5.96. The first-order valence-electron chi connectivity index (χ1n) is 10.4. The van der Waals surface area contributed by atoms with Gasteiger partial charge in [0.05, 0.1) is 0 Å².